The molecule has 4 nitrogen and oxygen atoms in total. The summed E-state index contributed by atoms with van der Waals surface area (Å²) < 4.78 is 39.1. The van der Waals surface area contributed by atoms with E-state index in [1.807, 2.05) is 0 Å². The van der Waals surface area contributed by atoms with Crippen molar-refractivity contribution in [1.29, 1.82) is 0 Å². The van der Waals surface area contributed by atoms with Crippen molar-refractivity contribution in [1.82, 2.24) is 15.0 Å². The Kier molecular flexibility index (Phi) is 2.90. The molecule has 1 aromatic heterocycles. The van der Waals surface area contributed by atoms with Gasteiger partial charge in [0.05, 0.1) is 17.4 Å². The van der Waals surface area contributed by atoms with Gasteiger partial charge in [0.2, 0.25) is 0 Å². The molecule has 0 fully saturated rings. The second-order valence-electron chi connectivity index (χ2n) is 3.21. The van der Waals surface area contributed by atoms with Gasteiger partial charge in [-0.25, -0.2) is 17.9 Å². The van der Waals surface area contributed by atoms with Gasteiger partial charge < -0.3 is 0 Å². The van der Waals surface area contributed by atoms with Gasteiger partial charge in [0.25, 0.3) is 6.43 Å². The van der Waals surface area contributed by atoms with Crippen LogP contribution in [0.5, 0.6) is 0 Å². The molecule has 0 N–H and O–H groups in total. The molecule has 0 bridgehead atoms. The van der Waals surface area contributed by atoms with E-state index in [0.29, 0.717) is 6.29 Å². The average Bonchev–Trinajstić information content (AvgIpc) is 2.78. The summed E-state index contributed by atoms with van der Waals surface area (Å²) in [6, 6.07) is 3.15. The third-order valence-electron chi connectivity index (χ3n) is 2.11. The number of benzene rings is 1. The molecular formula is C10H6F3N3O. The van der Waals surface area contributed by atoms with Gasteiger partial charge in [0.1, 0.15) is 11.5 Å². The molecule has 0 spiro atoms. The first-order valence-electron chi connectivity index (χ1n) is 4.57. The second kappa shape index (κ2) is 4.36. The van der Waals surface area contributed by atoms with E-state index in [4.69, 9.17) is 0 Å². The minimum Gasteiger partial charge on any atom is -0.296 e. The summed E-state index contributed by atoms with van der Waals surface area (Å²) in [4.78, 5) is 10.4. The van der Waals surface area contributed by atoms with E-state index in [2.05, 4.69) is 10.3 Å². The summed E-state index contributed by atoms with van der Waals surface area (Å²) in [5.41, 5.74) is -0.444. The Balaban J connectivity index is 2.45. The van der Waals surface area contributed by atoms with Gasteiger partial charge in [-0.1, -0.05) is 5.21 Å². The largest absolute Gasteiger partial charge is 0.296 e. The normalized spacial score (nSPS) is 10.8. The van der Waals surface area contributed by atoms with Crippen molar-refractivity contribution >= 4 is 6.29 Å². The minimum absolute atomic E-state index is 0.0629. The van der Waals surface area contributed by atoms with Crippen LogP contribution in [0.4, 0.5) is 13.2 Å². The zero-order chi connectivity index (χ0) is 12.4. The SMILES string of the molecule is O=Cc1cn(-c2ccc(F)c(C(F)F)c2)nn1. The molecule has 1 aromatic carbocycles. The fraction of sp³-hybridized carbons (Fsp3) is 0.100. The van der Waals surface area contributed by atoms with Crippen LogP contribution < -0.4 is 0 Å². The van der Waals surface area contributed by atoms with Crippen LogP contribution in [0, 0.1) is 5.82 Å². The predicted octanol–water partition coefficient (Wildman–Crippen LogP) is 2.16. The molecule has 0 radical (unpaired) electrons. The molecule has 2 aromatic rings. The Morgan fingerprint density at radius 2 is 2.12 bits per heavy atom. The van der Waals surface area contributed by atoms with Gasteiger partial charge in [-0.3, -0.25) is 4.79 Å². The number of carbonyl (C=O) groups excluding carboxylic acids is 1. The number of alkyl halides is 2. The van der Waals surface area contributed by atoms with Gasteiger partial charge >= 0.3 is 0 Å². The van der Waals surface area contributed by atoms with E-state index in [-0.39, 0.29) is 11.4 Å². The van der Waals surface area contributed by atoms with Crippen LogP contribution in [0.3, 0.4) is 0 Å². The maximum atomic E-state index is 13.0. The standard InChI is InChI=1S/C10H6F3N3O/c11-9-2-1-7(3-8(9)10(12)13)16-4-6(5-17)14-15-16/h1-5,10H. The summed E-state index contributed by atoms with van der Waals surface area (Å²) in [7, 11) is 0. The molecule has 0 amide bonds. The maximum absolute atomic E-state index is 13.0. The highest BCUT2D eigenvalue weighted by Gasteiger charge is 2.14. The van der Waals surface area contributed by atoms with E-state index >= 15 is 0 Å². The van der Waals surface area contributed by atoms with Crippen LogP contribution in [0.1, 0.15) is 22.5 Å². The molecule has 0 saturated heterocycles. The Morgan fingerprint density at radius 1 is 1.35 bits per heavy atom. The molecule has 0 aliphatic heterocycles. The molecule has 17 heavy (non-hydrogen) atoms. The number of halogens is 3. The van der Waals surface area contributed by atoms with Crippen molar-refractivity contribution in [3.63, 3.8) is 0 Å². The fourth-order valence-electron chi connectivity index (χ4n) is 1.30. The van der Waals surface area contributed by atoms with Gasteiger partial charge in [-0.05, 0) is 18.2 Å². The number of aldehydes is 1. The maximum Gasteiger partial charge on any atom is 0.266 e. The molecule has 1 heterocycles. The molecule has 0 unspecified atom stereocenters. The molecule has 0 saturated carbocycles. The van der Waals surface area contributed by atoms with E-state index in [1.54, 1.807) is 0 Å². The first-order chi connectivity index (χ1) is 8.11. The van der Waals surface area contributed by atoms with Crippen LogP contribution in [-0.4, -0.2) is 21.3 Å². The molecule has 2 rings (SSSR count). The molecule has 0 aliphatic carbocycles. The highest BCUT2D eigenvalue weighted by atomic mass is 19.3. The minimum atomic E-state index is -2.91. The van der Waals surface area contributed by atoms with E-state index in [1.165, 1.54) is 12.3 Å². The van der Waals surface area contributed by atoms with Crippen LogP contribution >= 0.6 is 0 Å². The van der Waals surface area contributed by atoms with Crippen molar-refractivity contribution in [2.75, 3.05) is 0 Å². The Morgan fingerprint density at radius 3 is 2.71 bits per heavy atom. The first-order valence-corrected chi connectivity index (χ1v) is 4.57. The smallest absolute Gasteiger partial charge is 0.266 e. The van der Waals surface area contributed by atoms with Crippen LogP contribution in [0.25, 0.3) is 5.69 Å². The van der Waals surface area contributed by atoms with Crippen molar-refractivity contribution in [2.24, 2.45) is 0 Å². The summed E-state index contributed by atoms with van der Waals surface area (Å²) in [6.07, 6.45) is -1.18. The van der Waals surface area contributed by atoms with Gasteiger partial charge in [-0.2, -0.15) is 0 Å². The topological polar surface area (TPSA) is 47.8 Å². The third kappa shape index (κ3) is 2.17. The molecular weight excluding hydrogens is 235 g/mol. The Hall–Kier alpha value is -2.18. The zero-order valence-corrected chi connectivity index (χ0v) is 8.35. The number of nitrogens with zero attached hydrogens (tertiary/aromatic N) is 3. The Bertz CT molecular complexity index is 553. The Labute approximate surface area is 93.7 Å². The number of aromatic nitrogens is 3. The summed E-state index contributed by atoms with van der Waals surface area (Å²) in [5, 5.41) is 7.03. The lowest BCUT2D eigenvalue weighted by Gasteiger charge is -2.05. The van der Waals surface area contributed by atoms with Crippen molar-refractivity contribution in [3.05, 3.63) is 41.5 Å². The molecule has 7 heteroatoms. The lowest BCUT2D eigenvalue weighted by Crippen LogP contribution is -1.98. The summed E-state index contributed by atoms with van der Waals surface area (Å²) in [5.74, 6) is -0.987. The quantitative estimate of drug-likeness (QED) is 0.773. The molecule has 88 valence electrons. The highest BCUT2D eigenvalue weighted by Crippen LogP contribution is 2.24. The van der Waals surface area contributed by atoms with Crippen molar-refractivity contribution in [2.45, 2.75) is 6.43 Å². The number of carbonyl (C=O) groups is 1. The van der Waals surface area contributed by atoms with E-state index in [9.17, 15) is 18.0 Å². The second-order valence-corrected chi connectivity index (χ2v) is 3.21. The zero-order valence-electron chi connectivity index (χ0n) is 8.35. The lowest BCUT2D eigenvalue weighted by atomic mass is 10.2. The average molecular weight is 241 g/mol. The van der Waals surface area contributed by atoms with Gasteiger partial charge in [0.15, 0.2) is 6.29 Å². The van der Waals surface area contributed by atoms with E-state index in [0.717, 1.165) is 16.8 Å². The van der Waals surface area contributed by atoms with Crippen LogP contribution in [0.15, 0.2) is 24.4 Å². The van der Waals surface area contributed by atoms with E-state index < -0.39 is 17.8 Å². The van der Waals surface area contributed by atoms with Crippen molar-refractivity contribution in [3.8, 4) is 5.69 Å². The van der Waals surface area contributed by atoms with Crippen LogP contribution in [-0.2, 0) is 0 Å². The summed E-state index contributed by atoms with van der Waals surface area (Å²) in [6.45, 7) is 0. The van der Waals surface area contributed by atoms with Crippen molar-refractivity contribution < 1.29 is 18.0 Å². The number of rotatable bonds is 3. The van der Waals surface area contributed by atoms with Crippen LogP contribution in [0.2, 0.25) is 0 Å². The van der Waals surface area contributed by atoms with Gasteiger partial charge in [-0.15, -0.1) is 5.10 Å². The molecule has 0 atom stereocenters. The predicted molar refractivity (Wildman–Crippen MR) is 51.7 cm³/mol. The third-order valence-corrected chi connectivity index (χ3v) is 2.11. The number of hydrogen-bond donors (Lipinski definition) is 0. The summed E-state index contributed by atoms with van der Waals surface area (Å²) >= 11 is 0. The fourth-order valence-corrected chi connectivity index (χ4v) is 1.30. The number of hydrogen-bond acceptors (Lipinski definition) is 3. The molecule has 0 aliphatic rings. The highest BCUT2D eigenvalue weighted by molar-refractivity contribution is 5.70. The van der Waals surface area contributed by atoms with Gasteiger partial charge in [0, 0.05) is 0 Å². The lowest BCUT2D eigenvalue weighted by molar-refractivity contribution is 0.111. The monoisotopic (exact) mass is 241 g/mol. The first kappa shape index (κ1) is 11.3.